The smallest absolute Gasteiger partial charge is 0.253 e. The highest BCUT2D eigenvalue weighted by molar-refractivity contribution is 5.96. The summed E-state index contributed by atoms with van der Waals surface area (Å²) in [6.45, 7) is 1.63. The Morgan fingerprint density at radius 1 is 1.00 bits per heavy atom. The maximum atomic E-state index is 13.8. The SMILES string of the molecule is COc1cccc(C(=O)NC2CC3CCC(C2)N3c2ccc(C(=O)NCc3c(F)cccc3F)cn2)c1C. The van der Waals surface area contributed by atoms with E-state index in [2.05, 4.69) is 20.5 Å². The Morgan fingerprint density at radius 2 is 1.68 bits per heavy atom. The molecule has 2 N–H and O–H groups in total. The van der Waals surface area contributed by atoms with Gasteiger partial charge in [-0.2, -0.15) is 0 Å². The fraction of sp³-hybridized carbons (Fsp3) is 0.345. The molecular weight excluding hydrogens is 490 g/mol. The van der Waals surface area contributed by atoms with Gasteiger partial charge >= 0.3 is 0 Å². The highest BCUT2D eigenvalue weighted by Crippen LogP contribution is 2.38. The van der Waals surface area contributed by atoms with Crippen molar-refractivity contribution in [3.63, 3.8) is 0 Å². The minimum atomic E-state index is -0.701. The number of aromatic nitrogens is 1. The molecule has 3 aromatic rings. The second kappa shape index (κ2) is 10.8. The number of carbonyl (C=O) groups is 2. The van der Waals surface area contributed by atoms with Gasteiger partial charge in [-0.15, -0.1) is 0 Å². The Morgan fingerprint density at radius 3 is 2.32 bits per heavy atom. The second-order valence-electron chi connectivity index (χ2n) is 9.85. The first-order valence-electron chi connectivity index (χ1n) is 12.8. The number of nitrogens with zero attached hydrogens (tertiary/aromatic N) is 2. The Kier molecular flexibility index (Phi) is 7.26. The molecule has 198 valence electrons. The Labute approximate surface area is 220 Å². The lowest BCUT2D eigenvalue weighted by Crippen LogP contribution is -2.50. The van der Waals surface area contributed by atoms with Crippen LogP contribution >= 0.6 is 0 Å². The van der Waals surface area contributed by atoms with Crippen LogP contribution in [0, 0.1) is 18.6 Å². The van der Waals surface area contributed by atoms with Gasteiger partial charge in [0.25, 0.3) is 11.8 Å². The number of anilines is 1. The number of piperidine rings is 1. The zero-order chi connectivity index (χ0) is 26.8. The van der Waals surface area contributed by atoms with Crippen LogP contribution in [0.2, 0.25) is 0 Å². The zero-order valence-electron chi connectivity index (χ0n) is 21.3. The number of nitrogens with one attached hydrogen (secondary N) is 2. The van der Waals surface area contributed by atoms with Gasteiger partial charge in [0.05, 0.1) is 12.7 Å². The number of rotatable bonds is 7. The lowest BCUT2D eigenvalue weighted by atomic mass is 9.96. The van der Waals surface area contributed by atoms with Crippen LogP contribution in [0.3, 0.4) is 0 Å². The minimum Gasteiger partial charge on any atom is -0.496 e. The largest absolute Gasteiger partial charge is 0.496 e. The van der Waals surface area contributed by atoms with Crippen molar-refractivity contribution < 1.29 is 23.1 Å². The summed E-state index contributed by atoms with van der Waals surface area (Å²) >= 11 is 0. The van der Waals surface area contributed by atoms with Crippen LogP contribution in [0.25, 0.3) is 0 Å². The third-order valence-electron chi connectivity index (χ3n) is 7.58. The van der Waals surface area contributed by atoms with Crippen LogP contribution in [-0.2, 0) is 6.54 Å². The number of amides is 2. The van der Waals surface area contributed by atoms with E-state index in [0.717, 1.165) is 49.2 Å². The van der Waals surface area contributed by atoms with Crippen LogP contribution in [0.5, 0.6) is 5.75 Å². The highest BCUT2D eigenvalue weighted by Gasteiger charge is 2.42. The van der Waals surface area contributed by atoms with Crippen molar-refractivity contribution in [2.45, 2.75) is 57.3 Å². The van der Waals surface area contributed by atoms with Gasteiger partial charge in [0.2, 0.25) is 0 Å². The summed E-state index contributed by atoms with van der Waals surface area (Å²) in [6.07, 6.45) is 5.12. The number of methoxy groups -OCH3 is 1. The Hall–Kier alpha value is -4.01. The van der Waals surface area contributed by atoms with Gasteiger partial charge in [0, 0.05) is 47.6 Å². The van der Waals surface area contributed by atoms with Gasteiger partial charge < -0.3 is 20.3 Å². The summed E-state index contributed by atoms with van der Waals surface area (Å²) in [5, 5.41) is 5.77. The predicted octanol–water partition coefficient (Wildman–Crippen LogP) is 4.54. The molecule has 3 heterocycles. The third kappa shape index (κ3) is 5.05. The van der Waals surface area contributed by atoms with Crippen molar-refractivity contribution in [1.82, 2.24) is 15.6 Å². The lowest BCUT2D eigenvalue weighted by Gasteiger charge is -2.40. The summed E-state index contributed by atoms with van der Waals surface area (Å²) in [6, 6.07) is 13.1. The van der Waals surface area contributed by atoms with E-state index in [1.54, 1.807) is 13.2 Å². The summed E-state index contributed by atoms with van der Waals surface area (Å²) in [5.74, 6) is -0.482. The average molecular weight is 521 g/mol. The predicted molar refractivity (Wildman–Crippen MR) is 139 cm³/mol. The van der Waals surface area contributed by atoms with Gasteiger partial charge in [0.15, 0.2) is 0 Å². The molecule has 2 aromatic carbocycles. The van der Waals surface area contributed by atoms with Crippen LogP contribution in [0.15, 0.2) is 54.7 Å². The first-order chi connectivity index (χ1) is 18.4. The molecule has 2 bridgehead atoms. The van der Waals surface area contributed by atoms with Crippen molar-refractivity contribution >= 4 is 17.6 Å². The quantitative estimate of drug-likeness (QED) is 0.478. The lowest BCUT2D eigenvalue weighted by molar-refractivity contribution is 0.0923. The summed E-state index contributed by atoms with van der Waals surface area (Å²) in [4.78, 5) is 32.4. The van der Waals surface area contributed by atoms with E-state index in [0.29, 0.717) is 16.9 Å². The number of pyridine rings is 1. The molecule has 2 aliphatic rings. The Bertz CT molecular complexity index is 1310. The zero-order valence-corrected chi connectivity index (χ0v) is 21.3. The molecule has 7 nitrogen and oxygen atoms in total. The molecule has 2 unspecified atom stereocenters. The van der Waals surface area contributed by atoms with Crippen LogP contribution in [-0.4, -0.2) is 42.0 Å². The van der Waals surface area contributed by atoms with E-state index < -0.39 is 17.5 Å². The number of carbonyl (C=O) groups excluding carboxylic acids is 2. The van der Waals surface area contributed by atoms with E-state index in [1.165, 1.54) is 12.3 Å². The molecular formula is C29H30F2N4O3. The standard InChI is InChI=1S/C29H30F2N4O3/c1-17-22(5-3-8-26(17)38-2)29(37)34-19-13-20-10-11-21(14-19)35(20)27-12-9-18(15-32-27)28(36)33-16-23-24(30)6-4-7-25(23)31/h3-9,12,15,19-21H,10-11,13-14,16H2,1-2H3,(H,33,36)(H,34,37). The summed E-state index contributed by atoms with van der Waals surface area (Å²) in [5.41, 5.74) is 1.57. The molecule has 2 amide bonds. The normalized spacial score (nSPS) is 20.2. The highest BCUT2D eigenvalue weighted by atomic mass is 19.1. The number of ether oxygens (including phenoxy) is 1. The molecule has 9 heteroatoms. The Balaban J connectivity index is 1.20. The number of fused-ring (bicyclic) bond motifs is 2. The summed E-state index contributed by atoms with van der Waals surface area (Å²) in [7, 11) is 1.59. The van der Waals surface area contributed by atoms with Crippen LogP contribution < -0.4 is 20.3 Å². The molecule has 1 aromatic heterocycles. The van der Waals surface area contributed by atoms with Gasteiger partial charge in [-0.1, -0.05) is 12.1 Å². The molecule has 0 spiro atoms. The van der Waals surface area contributed by atoms with E-state index in [4.69, 9.17) is 4.74 Å². The van der Waals surface area contributed by atoms with E-state index >= 15 is 0 Å². The first kappa shape index (κ1) is 25.6. The second-order valence-corrected chi connectivity index (χ2v) is 9.85. The fourth-order valence-corrected chi connectivity index (χ4v) is 5.66. The van der Waals surface area contributed by atoms with Crippen molar-refractivity contribution in [1.29, 1.82) is 0 Å². The molecule has 5 rings (SSSR count). The molecule has 2 atom stereocenters. The van der Waals surface area contributed by atoms with Crippen molar-refractivity contribution in [3.8, 4) is 5.75 Å². The number of hydrogen-bond acceptors (Lipinski definition) is 5. The maximum absolute atomic E-state index is 13.8. The van der Waals surface area contributed by atoms with E-state index in [-0.39, 0.29) is 36.1 Å². The molecule has 0 saturated carbocycles. The van der Waals surface area contributed by atoms with E-state index in [9.17, 15) is 18.4 Å². The first-order valence-corrected chi connectivity index (χ1v) is 12.8. The summed E-state index contributed by atoms with van der Waals surface area (Å²) < 4.78 is 33.0. The van der Waals surface area contributed by atoms with Crippen molar-refractivity contribution in [3.05, 3.63) is 88.6 Å². The van der Waals surface area contributed by atoms with Crippen molar-refractivity contribution in [2.75, 3.05) is 12.0 Å². The van der Waals surface area contributed by atoms with Gasteiger partial charge in [-0.3, -0.25) is 9.59 Å². The van der Waals surface area contributed by atoms with Gasteiger partial charge in [0.1, 0.15) is 23.2 Å². The monoisotopic (exact) mass is 520 g/mol. The third-order valence-corrected chi connectivity index (χ3v) is 7.58. The maximum Gasteiger partial charge on any atom is 0.253 e. The topological polar surface area (TPSA) is 83.6 Å². The van der Waals surface area contributed by atoms with Gasteiger partial charge in [-0.25, -0.2) is 13.8 Å². The number of benzene rings is 2. The molecule has 0 aliphatic carbocycles. The number of halogens is 2. The fourth-order valence-electron chi connectivity index (χ4n) is 5.66. The number of hydrogen-bond donors (Lipinski definition) is 2. The van der Waals surface area contributed by atoms with Crippen LogP contribution in [0.4, 0.5) is 14.6 Å². The molecule has 0 radical (unpaired) electrons. The molecule has 2 saturated heterocycles. The van der Waals surface area contributed by atoms with Crippen LogP contribution in [0.1, 0.15) is 57.5 Å². The van der Waals surface area contributed by atoms with Crippen molar-refractivity contribution in [2.24, 2.45) is 0 Å². The molecule has 2 fully saturated rings. The van der Waals surface area contributed by atoms with Gasteiger partial charge in [-0.05, 0) is 69.0 Å². The molecule has 38 heavy (non-hydrogen) atoms. The van der Waals surface area contributed by atoms with E-state index in [1.807, 2.05) is 31.2 Å². The average Bonchev–Trinajstić information content (AvgIpc) is 3.18. The minimum absolute atomic E-state index is 0.0608. The molecule has 2 aliphatic heterocycles.